The van der Waals surface area contributed by atoms with Gasteiger partial charge in [0, 0.05) is 25.1 Å². The molecule has 0 heterocycles. The Balaban J connectivity index is 2.04. The highest BCUT2D eigenvalue weighted by molar-refractivity contribution is 7.92. The van der Waals surface area contributed by atoms with Crippen molar-refractivity contribution >= 4 is 27.5 Å². The summed E-state index contributed by atoms with van der Waals surface area (Å²) in [5, 5.41) is 2.87. The smallest absolute Gasteiger partial charge is 0.244 e. The Morgan fingerprint density at radius 2 is 1.54 bits per heavy atom. The standard InChI is InChI=1S/C32H40FN3O4S/c1-6-20-34-31(38)29(21-24-12-8-7-9-13-24)35(22-25-14-10-11-15-28(25)33)30(37)23-36(41(5,39)40)27-18-16-26(17-19-27)32(2,3)4/h7-19,29H,6,20-23H2,1-5H3,(H,34,38)/t29-/m0/s1. The van der Waals surface area contributed by atoms with Crippen LogP contribution in [0.4, 0.5) is 10.1 Å². The molecule has 1 N–H and O–H groups in total. The zero-order valence-corrected chi connectivity index (χ0v) is 25.2. The highest BCUT2D eigenvalue weighted by atomic mass is 32.2. The number of carbonyl (C=O) groups is 2. The second-order valence-electron chi connectivity index (χ2n) is 11.2. The number of halogens is 1. The molecule has 1 atom stereocenters. The number of rotatable bonds is 12. The van der Waals surface area contributed by atoms with Gasteiger partial charge in [-0.2, -0.15) is 0 Å². The Morgan fingerprint density at radius 3 is 2.10 bits per heavy atom. The van der Waals surface area contributed by atoms with Gasteiger partial charge in [-0.15, -0.1) is 0 Å². The average Bonchev–Trinajstić information content (AvgIpc) is 2.92. The molecular weight excluding hydrogens is 541 g/mol. The molecule has 0 aliphatic rings. The van der Waals surface area contributed by atoms with Gasteiger partial charge in [0.2, 0.25) is 21.8 Å². The third-order valence-electron chi connectivity index (χ3n) is 6.82. The lowest BCUT2D eigenvalue weighted by Gasteiger charge is -2.33. The van der Waals surface area contributed by atoms with Crippen LogP contribution in [0.3, 0.4) is 0 Å². The zero-order valence-electron chi connectivity index (χ0n) is 24.4. The van der Waals surface area contributed by atoms with Crippen molar-refractivity contribution in [2.24, 2.45) is 0 Å². The van der Waals surface area contributed by atoms with Gasteiger partial charge in [0.25, 0.3) is 0 Å². The molecule has 0 radical (unpaired) electrons. The Kier molecular flexibility index (Phi) is 10.7. The maximum atomic E-state index is 14.8. The first-order valence-corrected chi connectivity index (χ1v) is 15.6. The van der Waals surface area contributed by atoms with Crippen molar-refractivity contribution in [3.05, 3.63) is 101 Å². The van der Waals surface area contributed by atoms with Crippen molar-refractivity contribution in [2.45, 2.75) is 58.5 Å². The fourth-order valence-corrected chi connectivity index (χ4v) is 5.32. The van der Waals surface area contributed by atoms with Crippen LogP contribution in [0.5, 0.6) is 0 Å². The van der Waals surface area contributed by atoms with Gasteiger partial charge in [0.05, 0.1) is 11.9 Å². The second-order valence-corrected chi connectivity index (χ2v) is 13.1. The molecule has 0 bridgehead atoms. The van der Waals surface area contributed by atoms with E-state index in [0.717, 1.165) is 21.7 Å². The number of sulfonamides is 1. The summed E-state index contributed by atoms with van der Waals surface area (Å²) < 4.78 is 41.7. The van der Waals surface area contributed by atoms with Gasteiger partial charge in [0.1, 0.15) is 18.4 Å². The highest BCUT2D eigenvalue weighted by Crippen LogP contribution is 2.26. The molecule has 0 unspecified atom stereocenters. The lowest BCUT2D eigenvalue weighted by atomic mass is 9.87. The third-order valence-corrected chi connectivity index (χ3v) is 7.96. The van der Waals surface area contributed by atoms with E-state index in [9.17, 15) is 22.4 Å². The van der Waals surface area contributed by atoms with Crippen LogP contribution in [0.2, 0.25) is 0 Å². The first-order valence-electron chi connectivity index (χ1n) is 13.7. The van der Waals surface area contributed by atoms with Crippen molar-refractivity contribution in [3.8, 4) is 0 Å². The maximum Gasteiger partial charge on any atom is 0.244 e. The molecule has 0 fully saturated rings. The summed E-state index contributed by atoms with van der Waals surface area (Å²) in [4.78, 5) is 28.8. The van der Waals surface area contributed by atoms with Gasteiger partial charge in [-0.05, 0) is 41.2 Å². The summed E-state index contributed by atoms with van der Waals surface area (Å²) >= 11 is 0. The van der Waals surface area contributed by atoms with Gasteiger partial charge in [-0.1, -0.05) is 88.4 Å². The van der Waals surface area contributed by atoms with Gasteiger partial charge in [-0.25, -0.2) is 12.8 Å². The molecule has 0 saturated heterocycles. The fourth-order valence-electron chi connectivity index (χ4n) is 4.47. The quantitative estimate of drug-likeness (QED) is 0.324. The average molecular weight is 582 g/mol. The summed E-state index contributed by atoms with van der Waals surface area (Å²) in [7, 11) is -3.88. The number of amides is 2. The minimum absolute atomic E-state index is 0.142. The number of benzene rings is 3. The fraction of sp³-hybridized carbons (Fsp3) is 0.375. The molecular formula is C32H40FN3O4S. The van der Waals surface area contributed by atoms with E-state index in [0.29, 0.717) is 18.7 Å². The summed E-state index contributed by atoms with van der Waals surface area (Å²) in [5.74, 6) is -1.53. The molecule has 9 heteroatoms. The van der Waals surface area contributed by atoms with Gasteiger partial charge in [-0.3, -0.25) is 13.9 Å². The SMILES string of the molecule is CCCNC(=O)[C@H](Cc1ccccc1)N(Cc1ccccc1F)C(=O)CN(c1ccc(C(C)(C)C)cc1)S(C)(=O)=O. The molecule has 0 spiro atoms. The van der Waals surface area contributed by atoms with Crippen LogP contribution in [-0.4, -0.2) is 50.5 Å². The van der Waals surface area contributed by atoms with Crippen molar-refractivity contribution in [1.82, 2.24) is 10.2 Å². The lowest BCUT2D eigenvalue weighted by molar-refractivity contribution is -0.140. The predicted octanol–water partition coefficient (Wildman–Crippen LogP) is 5.06. The van der Waals surface area contributed by atoms with Crippen molar-refractivity contribution in [1.29, 1.82) is 0 Å². The van der Waals surface area contributed by atoms with Crippen LogP contribution in [0.25, 0.3) is 0 Å². The second kappa shape index (κ2) is 13.8. The first kappa shape index (κ1) is 31.8. The van der Waals surface area contributed by atoms with Gasteiger partial charge >= 0.3 is 0 Å². The molecule has 3 aromatic carbocycles. The summed E-state index contributed by atoms with van der Waals surface area (Å²) in [6, 6.07) is 21.3. The summed E-state index contributed by atoms with van der Waals surface area (Å²) in [6.07, 6.45) is 1.90. The molecule has 41 heavy (non-hydrogen) atoms. The largest absolute Gasteiger partial charge is 0.354 e. The normalized spacial score (nSPS) is 12.4. The number of hydrogen-bond donors (Lipinski definition) is 1. The van der Waals surface area contributed by atoms with Crippen LogP contribution >= 0.6 is 0 Å². The topological polar surface area (TPSA) is 86.8 Å². The predicted molar refractivity (Wildman–Crippen MR) is 162 cm³/mol. The van der Waals surface area contributed by atoms with Crippen LogP contribution in [0.1, 0.15) is 50.8 Å². The number of anilines is 1. The molecule has 0 saturated carbocycles. The molecule has 3 rings (SSSR count). The molecule has 0 aliphatic heterocycles. The molecule has 220 valence electrons. The maximum absolute atomic E-state index is 14.8. The van der Waals surface area contributed by atoms with Crippen LogP contribution in [-0.2, 0) is 38.0 Å². The first-order chi connectivity index (χ1) is 19.3. The molecule has 2 amide bonds. The van der Waals surface area contributed by atoms with E-state index in [1.807, 2.05) is 49.4 Å². The summed E-state index contributed by atoms with van der Waals surface area (Å²) in [6.45, 7) is 7.73. The Bertz CT molecular complexity index is 1420. The number of carbonyl (C=O) groups excluding carboxylic acids is 2. The van der Waals surface area contributed by atoms with E-state index in [4.69, 9.17) is 0 Å². The van der Waals surface area contributed by atoms with E-state index in [1.165, 1.54) is 11.0 Å². The molecule has 0 aliphatic carbocycles. The number of nitrogens with one attached hydrogen (secondary N) is 1. The summed E-state index contributed by atoms with van der Waals surface area (Å²) in [5.41, 5.74) is 2.24. The minimum atomic E-state index is -3.88. The molecule has 3 aromatic rings. The minimum Gasteiger partial charge on any atom is -0.354 e. The van der Waals surface area contributed by atoms with Gasteiger partial charge in [0.15, 0.2) is 0 Å². The molecule has 7 nitrogen and oxygen atoms in total. The van der Waals surface area contributed by atoms with Gasteiger partial charge < -0.3 is 10.2 Å². The Hall–Kier alpha value is -3.72. The Morgan fingerprint density at radius 1 is 0.927 bits per heavy atom. The monoisotopic (exact) mass is 581 g/mol. The van der Waals surface area contributed by atoms with E-state index in [1.54, 1.807) is 30.3 Å². The van der Waals surface area contributed by atoms with Crippen molar-refractivity contribution in [2.75, 3.05) is 23.7 Å². The number of nitrogens with zero attached hydrogens (tertiary/aromatic N) is 2. The van der Waals surface area contributed by atoms with E-state index < -0.39 is 34.3 Å². The van der Waals surface area contributed by atoms with Crippen LogP contribution in [0.15, 0.2) is 78.9 Å². The highest BCUT2D eigenvalue weighted by Gasteiger charge is 2.33. The van der Waals surface area contributed by atoms with E-state index in [2.05, 4.69) is 26.1 Å². The van der Waals surface area contributed by atoms with Crippen LogP contribution in [0, 0.1) is 5.82 Å². The van der Waals surface area contributed by atoms with Crippen LogP contribution < -0.4 is 9.62 Å². The third kappa shape index (κ3) is 8.88. The lowest BCUT2D eigenvalue weighted by Crippen LogP contribution is -2.53. The Labute approximate surface area is 243 Å². The van der Waals surface area contributed by atoms with Crippen molar-refractivity contribution < 1.29 is 22.4 Å². The molecule has 0 aromatic heterocycles. The van der Waals surface area contributed by atoms with Crippen molar-refractivity contribution in [3.63, 3.8) is 0 Å². The number of hydrogen-bond acceptors (Lipinski definition) is 4. The van der Waals surface area contributed by atoms with E-state index in [-0.39, 0.29) is 29.9 Å². The zero-order chi connectivity index (χ0) is 30.2. The van der Waals surface area contributed by atoms with E-state index >= 15 is 0 Å².